The van der Waals surface area contributed by atoms with Gasteiger partial charge in [0.2, 0.25) is 5.91 Å². The van der Waals surface area contributed by atoms with Gasteiger partial charge in [-0.25, -0.2) is 0 Å². The Labute approximate surface area is 94.6 Å². The van der Waals surface area contributed by atoms with Crippen molar-refractivity contribution in [3.05, 3.63) is 60.7 Å². The summed E-state index contributed by atoms with van der Waals surface area (Å²) in [6, 6.07) is 14.3. The molecule has 16 heavy (non-hydrogen) atoms. The highest BCUT2D eigenvalue weighted by molar-refractivity contribution is 5.87. The lowest BCUT2D eigenvalue weighted by atomic mass is 10.1. The maximum Gasteiger partial charge on any atom is 0.243 e. The van der Waals surface area contributed by atoms with Crippen LogP contribution in [0.1, 0.15) is 5.56 Å². The summed E-state index contributed by atoms with van der Waals surface area (Å²) in [6.07, 6.45) is 1.28. The van der Waals surface area contributed by atoms with Gasteiger partial charge in [0.25, 0.3) is 0 Å². The van der Waals surface area contributed by atoms with Crippen molar-refractivity contribution in [1.82, 2.24) is 5.32 Å². The first-order chi connectivity index (χ1) is 7.79. The van der Waals surface area contributed by atoms with Gasteiger partial charge in [-0.2, -0.15) is 0 Å². The molecule has 0 aliphatic heterocycles. The van der Waals surface area contributed by atoms with E-state index in [0.29, 0.717) is 6.54 Å². The normalized spacial score (nSPS) is 10.0. The minimum absolute atomic E-state index is 0.145. The van der Waals surface area contributed by atoms with Gasteiger partial charge in [-0.3, -0.25) is 4.79 Å². The van der Waals surface area contributed by atoms with E-state index in [-0.39, 0.29) is 5.91 Å². The molecule has 0 unspecified atom stereocenters. The molecule has 80 valence electrons. The van der Waals surface area contributed by atoms with Crippen molar-refractivity contribution in [3.8, 4) is 0 Å². The molecule has 2 aromatic carbocycles. The maximum atomic E-state index is 11.0. The third-order valence-corrected chi connectivity index (χ3v) is 2.47. The molecular weight excluding hydrogens is 198 g/mol. The van der Waals surface area contributed by atoms with Gasteiger partial charge in [0, 0.05) is 6.54 Å². The Morgan fingerprint density at radius 1 is 1.19 bits per heavy atom. The van der Waals surface area contributed by atoms with E-state index in [4.69, 9.17) is 0 Å². The lowest BCUT2D eigenvalue weighted by molar-refractivity contribution is -0.116. The molecule has 2 heteroatoms. The van der Waals surface area contributed by atoms with Crippen LogP contribution in [0.15, 0.2) is 55.1 Å². The van der Waals surface area contributed by atoms with Crippen molar-refractivity contribution in [3.63, 3.8) is 0 Å². The molecule has 0 heterocycles. The first-order valence-electron chi connectivity index (χ1n) is 5.17. The number of nitrogens with one attached hydrogen (secondary N) is 1. The number of benzene rings is 2. The number of carbonyl (C=O) groups is 1. The average Bonchev–Trinajstić information content (AvgIpc) is 2.35. The number of rotatable bonds is 3. The molecule has 0 radical (unpaired) electrons. The van der Waals surface area contributed by atoms with E-state index in [1.54, 1.807) is 0 Å². The SMILES string of the molecule is C=CC(=O)NCc1ccc2ccccc2c1. The second-order valence-electron chi connectivity index (χ2n) is 3.60. The van der Waals surface area contributed by atoms with Crippen molar-refractivity contribution in [2.75, 3.05) is 0 Å². The molecule has 0 aromatic heterocycles. The predicted molar refractivity (Wildman–Crippen MR) is 66.0 cm³/mol. The number of amides is 1. The molecule has 0 saturated carbocycles. The van der Waals surface area contributed by atoms with E-state index in [2.05, 4.69) is 36.2 Å². The van der Waals surface area contributed by atoms with Gasteiger partial charge in [0.1, 0.15) is 0 Å². The molecule has 1 N–H and O–H groups in total. The molecule has 0 saturated heterocycles. The van der Waals surface area contributed by atoms with Gasteiger partial charge in [-0.05, 0) is 28.5 Å². The Morgan fingerprint density at radius 2 is 1.94 bits per heavy atom. The Morgan fingerprint density at radius 3 is 2.69 bits per heavy atom. The summed E-state index contributed by atoms with van der Waals surface area (Å²) >= 11 is 0. The molecule has 0 fully saturated rings. The fraction of sp³-hybridized carbons (Fsp3) is 0.0714. The van der Waals surface area contributed by atoms with Crippen LogP contribution in [-0.2, 0) is 11.3 Å². The zero-order valence-electron chi connectivity index (χ0n) is 8.94. The van der Waals surface area contributed by atoms with Crippen molar-refractivity contribution >= 4 is 16.7 Å². The van der Waals surface area contributed by atoms with Crippen LogP contribution in [0.25, 0.3) is 10.8 Å². The Bertz CT molecular complexity index is 531. The van der Waals surface area contributed by atoms with Gasteiger partial charge in [-0.15, -0.1) is 0 Å². The van der Waals surface area contributed by atoms with Crippen molar-refractivity contribution in [1.29, 1.82) is 0 Å². The maximum absolute atomic E-state index is 11.0. The molecule has 2 aromatic rings. The first-order valence-corrected chi connectivity index (χ1v) is 5.17. The van der Waals surface area contributed by atoms with Gasteiger partial charge < -0.3 is 5.32 Å². The van der Waals surface area contributed by atoms with Gasteiger partial charge in [-0.1, -0.05) is 43.0 Å². The summed E-state index contributed by atoms with van der Waals surface area (Å²) < 4.78 is 0. The number of carbonyl (C=O) groups excluding carboxylic acids is 1. The highest BCUT2D eigenvalue weighted by Crippen LogP contribution is 2.15. The van der Waals surface area contributed by atoms with E-state index < -0.39 is 0 Å². The van der Waals surface area contributed by atoms with Crippen LogP contribution in [0.2, 0.25) is 0 Å². The molecule has 0 aliphatic rings. The lowest BCUT2D eigenvalue weighted by Gasteiger charge is -2.04. The Balaban J connectivity index is 2.19. The fourth-order valence-electron chi connectivity index (χ4n) is 1.61. The first kappa shape index (κ1) is 10.4. The Kier molecular flexibility index (Phi) is 3.01. The smallest absolute Gasteiger partial charge is 0.243 e. The standard InChI is InChI=1S/C14H13NO/c1-2-14(16)15-10-11-7-8-12-5-3-4-6-13(12)9-11/h2-9H,1,10H2,(H,15,16). The van der Waals surface area contributed by atoms with E-state index in [1.165, 1.54) is 16.8 Å². The lowest BCUT2D eigenvalue weighted by Crippen LogP contribution is -2.19. The van der Waals surface area contributed by atoms with Gasteiger partial charge >= 0.3 is 0 Å². The van der Waals surface area contributed by atoms with E-state index in [1.807, 2.05) is 18.2 Å². The Hall–Kier alpha value is -2.09. The van der Waals surface area contributed by atoms with Crippen molar-refractivity contribution in [2.45, 2.75) is 6.54 Å². The monoisotopic (exact) mass is 211 g/mol. The average molecular weight is 211 g/mol. The summed E-state index contributed by atoms with van der Waals surface area (Å²) in [4.78, 5) is 11.0. The second-order valence-corrected chi connectivity index (χ2v) is 3.60. The highest BCUT2D eigenvalue weighted by atomic mass is 16.1. The number of hydrogen-bond acceptors (Lipinski definition) is 1. The molecule has 2 nitrogen and oxygen atoms in total. The van der Waals surface area contributed by atoms with Crippen LogP contribution < -0.4 is 5.32 Å². The van der Waals surface area contributed by atoms with Crippen LogP contribution >= 0.6 is 0 Å². The minimum atomic E-state index is -0.145. The van der Waals surface area contributed by atoms with Gasteiger partial charge in [0.05, 0.1) is 0 Å². The zero-order valence-corrected chi connectivity index (χ0v) is 8.94. The zero-order chi connectivity index (χ0) is 11.4. The van der Waals surface area contributed by atoms with Crippen LogP contribution in [0.4, 0.5) is 0 Å². The minimum Gasteiger partial charge on any atom is -0.348 e. The van der Waals surface area contributed by atoms with E-state index in [0.717, 1.165) is 5.56 Å². The number of fused-ring (bicyclic) bond motifs is 1. The van der Waals surface area contributed by atoms with E-state index >= 15 is 0 Å². The molecule has 1 amide bonds. The number of hydrogen-bond donors (Lipinski definition) is 1. The van der Waals surface area contributed by atoms with E-state index in [9.17, 15) is 4.79 Å². The van der Waals surface area contributed by atoms with Gasteiger partial charge in [0.15, 0.2) is 0 Å². The van der Waals surface area contributed by atoms with Crippen LogP contribution in [-0.4, -0.2) is 5.91 Å². The third kappa shape index (κ3) is 2.28. The summed E-state index contributed by atoms with van der Waals surface area (Å²) in [7, 11) is 0. The molecular formula is C14H13NO. The molecule has 0 atom stereocenters. The highest BCUT2D eigenvalue weighted by Gasteiger charge is 1.97. The summed E-state index contributed by atoms with van der Waals surface area (Å²) in [5, 5.41) is 5.15. The predicted octanol–water partition coefficient (Wildman–Crippen LogP) is 2.64. The van der Waals surface area contributed by atoms with Crippen molar-refractivity contribution in [2.24, 2.45) is 0 Å². The summed E-state index contributed by atoms with van der Waals surface area (Å²) in [5.41, 5.74) is 1.09. The molecule has 0 spiro atoms. The topological polar surface area (TPSA) is 29.1 Å². The summed E-state index contributed by atoms with van der Waals surface area (Å²) in [5.74, 6) is -0.145. The third-order valence-electron chi connectivity index (χ3n) is 2.47. The van der Waals surface area contributed by atoms with Crippen LogP contribution in [0.3, 0.4) is 0 Å². The van der Waals surface area contributed by atoms with Crippen LogP contribution in [0.5, 0.6) is 0 Å². The summed E-state index contributed by atoms with van der Waals surface area (Å²) in [6.45, 7) is 3.95. The quantitative estimate of drug-likeness (QED) is 0.777. The second kappa shape index (κ2) is 4.62. The fourth-order valence-corrected chi connectivity index (χ4v) is 1.61. The largest absolute Gasteiger partial charge is 0.348 e. The molecule has 2 rings (SSSR count). The van der Waals surface area contributed by atoms with Crippen LogP contribution in [0, 0.1) is 0 Å². The van der Waals surface area contributed by atoms with Crippen molar-refractivity contribution < 1.29 is 4.79 Å². The molecule has 0 bridgehead atoms. The molecule has 0 aliphatic carbocycles.